The van der Waals surface area contributed by atoms with Crippen LogP contribution < -0.4 is 10.6 Å². The zero-order valence-electron chi connectivity index (χ0n) is 46.9. The summed E-state index contributed by atoms with van der Waals surface area (Å²) >= 11 is 0. The number of nitrogens with zero attached hydrogens (tertiary/aromatic N) is 3. The summed E-state index contributed by atoms with van der Waals surface area (Å²) in [7, 11) is 0. The van der Waals surface area contributed by atoms with Crippen molar-refractivity contribution in [3.8, 4) is 0 Å². The van der Waals surface area contributed by atoms with Gasteiger partial charge in [-0.25, -0.2) is 0 Å². The quantitative estimate of drug-likeness (QED) is 0.216. The van der Waals surface area contributed by atoms with Gasteiger partial charge in [-0.3, -0.25) is 14.7 Å². The maximum absolute atomic E-state index is 4.12. The standard InChI is InChI=1S/C66H115N5/c1-46-41-65(47(2)40-60(46)53-44-67-66(68-45-53)50-18-8-3-9-19-50)71-63-38-32-51(48-28-34-58(35-29-48)69(54-20-10-4-11-21-54)55-22-12-5-13-23-55)42-61(63)62-43-52(33-39-64(62)71)49-30-36-59(37-31-49)70(56-24-14-6-15-25-56)57-26-16-7-17-27-57/h46-68H,3-45H2,1-2H3. The van der Waals surface area contributed by atoms with E-state index in [-0.39, 0.29) is 0 Å². The van der Waals surface area contributed by atoms with Gasteiger partial charge in [0.15, 0.2) is 0 Å². The molecule has 10 aliphatic carbocycles. The first-order valence-electron chi connectivity index (χ1n) is 33.8. The molecule has 10 atom stereocenters. The zero-order chi connectivity index (χ0) is 47.7. The molecule has 12 rings (SSSR count). The van der Waals surface area contributed by atoms with Crippen molar-refractivity contribution in [1.82, 2.24) is 25.3 Å². The lowest BCUT2D eigenvalue weighted by atomic mass is 9.62. The minimum absolute atomic E-state index is 0.583. The van der Waals surface area contributed by atoms with Crippen LogP contribution >= 0.6 is 0 Å². The lowest BCUT2D eigenvalue weighted by Crippen LogP contribution is -2.59. The van der Waals surface area contributed by atoms with Crippen LogP contribution in [-0.4, -0.2) is 88.3 Å². The molecule has 2 aliphatic heterocycles. The van der Waals surface area contributed by atoms with E-state index >= 15 is 0 Å². The van der Waals surface area contributed by atoms with Gasteiger partial charge in [0.05, 0.1) is 6.17 Å². The van der Waals surface area contributed by atoms with Gasteiger partial charge in [0.25, 0.3) is 0 Å². The maximum atomic E-state index is 4.12. The highest BCUT2D eigenvalue weighted by molar-refractivity contribution is 5.10. The number of rotatable bonds is 11. The first kappa shape index (κ1) is 51.6. The van der Waals surface area contributed by atoms with Gasteiger partial charge in [-0.15, -0.1) is 0 Å². The zero-order valence-corrected chi connectivity index (χ0v) is 46.9. The molecule has 10 saturated carbocycles. The fourth-order valence-electron chi connectivity index (χ4n) is 22.2. The molecule has 0 aromatic heterocycles. The lowest BCUT2D eigenvalue weighted by molar-refractivity contribution is -0.0209. The average Bonchev–Trinajstić information content (AvgIpc) is 3.76. The Hall–Kier alpha value is -0.200. The Kier molecular flexibility index (Phi) is 17.6. The number of fused-ring (bicyclic) bond motifs is 3. The Labute approximate surface area is 439 Å². The number of hydrogen-bond acceptors (Lipinski definition) is 5. The van der Waals surface area contributed by atoms with Gasteiger partial charge in [-0.2, -0.15) is 0 Å². The molecule has 0 aromatic carbocycles. The van der Waals surface area contributed by atoms with E-state index in [0.29, 0.717) is 6.17 Å². The molecular formula is C66H115N5. The number of likely N-dealkylation sites (tertiary alicyclic amines) is 1. The fourth-order valence-corrected chi connectivity index (χ4v) is 22.2. The summed E-state index contributed by atoms with van der Waals surface area (Å²) in [5, 5.41) is 8.25. The fraction of sp³-hybridized carbons (Fsp3) is 1.00. The second-order valence-corrected chi connectivity index (χ2v) is 29.4. The third-order valence-corrected chi connectivity index (χ3v) is 25.7. The molecule has 0 radical (unpaired) electrons. The van der Waals surface area contributed by atoms with Gasteiger partial charge in [0, 0.05) is 67.5 Å². The van der Waals surface area contributed by atoms with Crippen LogP contribution in [0.25, 0.3) is 0 Å². The molecule has 2 N–H and O–H groups in total. The van der Waals surface area contributed by atoms with E-state index < -0.39 is 0 Å². The Balaban J connectivity index is 0.724. The van der Waals surface area contributed by atoms with Gasteiger partial charge in [-0.1, -0.05) is 110 Å². The molecule has 0 spiro atoms. The van der Waals surface area contributed by atoms with Crippen molar-refractivity contribution >= 4 is 0 Å². The van der Waals surface area contributed by atoms with Crippen LogP contribution in [0.15, 0.2) is 0 Å². The summed E-state index contributed by atoms with van der Waals surface area (Å²) in [5.41, 5.74) is 0. The third kappa shape index (κ3) is 11.4. The van der Waals surface area contributed by atoms with Crippen molar-refractivity contribution in [2.45, 2.75) is 338 Å². The van der Waals surface area contributed by atoms with Crippen LogP contribution in [0.3, 0.4) is 0 Å². The molecule has 71 heavy (non-hydrogen) atoms. The summed E-state index contributed by atoms with van der Waals surface area (Å²) in [6.07, 6.45) is 62.8. The number of hydrogen-bond donors (Lipinski definition) is 2. The highest BCUT2D eigenvalue weighted by atomic mass is 15.3. The van der Waals surface area contributed by atoms with Gasteiger partial charge in [0.2, 0.25) is 0 Å². The van der Waals surface area contributed by atoms with Gasteiger partial charge in [0.1, 0.15) is 0 Å². The second-order valence-electron chi connectivity index (χ2n) is 29.4. The van der Waals surface area contributed by atoms with E-state index in [1.54, 1.807) is 64.2 Å². The Morgan fingerprint density at radius 1 is 0.282 bits per heavy atom. The summed E-state index contributed by atoms with van der Waals surface area (Å²) < 4.78 is 0. The highest BCUT2D eigenvalue weighted by Gasteiger charge is 2.57. The molecule has 0 amide bonds. The maximum Gasteiger partial charge on any atom is 0.0600 e. The van der Waals surface area contributed by atoms with Crippen molar-refractivity contribution in [3.05, 3.63) is 0 Å². The minimum Gasteiger partial charge on any atom is -0.301 e. The molecule has 0 bridgehead atoms. The largest absolute Gasteiger partial charge is 0.301 e. The molecule has 2 saturated heterocycles. The van der Waals surface area contributed by atoms with Gasteiger partial charge >= 0.3 is 0 Å². The van der Waals surface area contributed by atoms with Gasteiger partial charge in [-0.05, 0) is 232 Å². The van der Waals surface area contributed by atoms with Crippen molar-refractivity contribution in [1.29, 1.82) is 0 Å². The summed E-state index contributed by atoms with van der Waals surface area (Å²) in [6.45, 7) is 8.04. The number of nitrogens with one attached hydrogen (secondary N) is 2. The lowest BCUT2D eigenvalue weighted by Gasteiger charge is -2.52. The smallest absolute Gasteiger partial charge is 0.0600 e. The van der Waals surface area contributed by atoms with E-state index in [2.05, 4.69) is 39.2 Å². The highest BCUT2D eigenvalue weighted by Crippen LogP contribution is 2.58. The normalized spacial score (nSPS) is 45.0. The van der Waals surface area contributed by atoms with E-state index in [0.717, 1.165) is 119 Å². The van der Waals surface area contributed by atoms with Crippen molar-refractivity contribution in [2.24, 2.45) is 65.1 Å². The predicted octanol–water partition coefficient (Wildman–Crippen LogP) is 15.7. The second kappa shape index (κ2) is 24.2. The summed E-state index contributed by atoms with van der Waals surface area (Å²) in [6, 6.07) is 8.11. The van der Waals surface area contributed by atoms with Crippen LogP contribution in [-0.2, 0) is 0 Å². The van der Waals surface area contributed by atoms with Crippen LogP contribution in [0.5, 0.6) is 0 Å². The minimum atomic E-state index is 0.583. The molecule has 404 valence electrons. The van der Waals surface area contributed by atoms with Crippen molar-refractivity contribution < 1.29 is 0 Å². The molecule has 5 nitrogen and oxygen atoms in total. The first-order valence-corrected chi connectivity index (χ1v) is 33.8. The van der Waals surface area contributed by atoms with E-state index in [1.807, 2.05) is 0 Å². The Morgan fingerprint density at radius 2 is 0.648 bits per heavy atom. The van der Waals surface area contributed by atoms with E-state index in [4.69, 9.17) is 0 Å². The van der Waals surface area contributed by atoms with E-state index in [9.17, 15) is 0 Å². The summed E-state index contributed by atoms with van der Waals surface area (Å²) in [5.74, 6) is 10.4. The summed E-state index contributed by atoms with van der Waals surface area (Å²) in [4.78, 5) is 9.95. The van der Waals surface area contributed by atoms with Crippen molar-refractivity contribution in [2.75, 3.05) is 13.1 Å². The molecule has 2 heterocycles. The first-order chi connectivity index (χ1) is 35.0. The van der Waals surface area contributed by atoms with Gasteiger partial charge < -0.3 is 10.6 Å². The SMILES string of the molecule is CC1CC(N2C3CCC(C4CCC(N(C5CCCCC5)C5CCCCC5)CC4)CC3C3CC(C4CCC(N(C5CCCCC5)C5CCCCC5)CC4)CCC32)C(C)CC1C1CNC(C2CCCCC2)NC1. The third-order valence-electron chi connectivity index (χ3n) is 25.7. The molecule has 12 aliphatic rings. The Morgan fingerprint density at radius 3 is 1.06 bits per heavy atom. The van der Waals surface area contributed by atoms with Crippen LogP contribution in [0.1, 0.15) is 277 Å². The van der Waals surface area contributed by atoms with E-state index in [1.165, 1.54) is 212 Å². The molecular weight excluding hydrogens is 863 g/mol. The predicted molar refractivity (Wildman–Crippen MR) is 298 cm³/mol. The monoisotopic (exact) mass is 978 g/mol. The molecule has 10 unspecified atom stereocenters. The van der Waals surface area contributed by atoms with Crippen LogP contribution in [0, 0.1) is 65.1 Å². The molecule has 5 heteroatoms. The average molecular weight is 979 g/mol. The van der Waals surface area contributed by atoms with Crippen molar-refractivity contribution in [3.63, 3.8) is 0 Å². The topological polar surface area (TPSA) is 33.8 Å². The van der Waals surface area contributed by atoms with Crippen LogP contribution in [0.4, 0.5) is 0 Å². The Bertz CT molecular complexity index is 1460. The molecule has 12 fully saturated rings. The van der Waals surface area contributed by atoms with Crippen LogP contribution in [0.2, 0.25) is 0 Å². The molecule has 0 aromatic rings.